The predicted molar refractivity (Wildman–Crippen MR) is 63.9 cm³/mol. The molecule has 2 rings (SSSR count). The summed E-state index contributed by atoms with van der Waals surface area (Å²) in [7, 11) is 1.69. The fraction of sp³-hybridized carbons (Fsp3) is 0.538. The van der Waals surface area contributed by atoms with Crippen LogP contribution in [0.2, 0.25) is 0 Å². The lowest BCUT2D eigenvalue weighted by atomic mass is 9.93. The summed E-state index contributed by atoms with van der Waals surface area (Å²) in [5, 5.41) is 3.52. The van der Waals surface area contributed by atoms with Crippen molar-refractivity contribution in [2.75, 3.05) is 26.9 Å². The monoisotopic (exact) mass is 221 g/mol. The molecule has 1 N–H and O–H groups in total. The molecule has 1 aliphatic heterocycles. The second-order valence-corrected chi connectivity index (χ2v) is 4.56. The van der Waals surface area contributed by atoms with E-state index < -0.39 is 0 Å². The maximum atomic E-state index is 5.52. The topological polar surface area (TPSA) is 30.5 Å². The Morgan fingerprint density at radius 2 is 2.12 bits per heavy atom. The highest BCUT2D eigenvalue weighted by Gasteiger charge is 2.27. The summed E-state index contributed by atoms with van der Waals surface area (Å²) >= 11 is 0. The van der Waals surface area contributed by atoms with Crippen molar-refractivity contribution in [1.82, 2.24) is 5.32 Å². The average Bonchev–Trinajstić information content (AvgIpc) is 2.30. The van der Waals surface area contributed by atoms with Crippen molar-refractivity contribution < 1.29 is 9.47 Å². The maximum Gasteiger partial charge on any atom is 0.118 e. The smallest absolute Gasteiger partial charge is 0.118 e. The molecule has 0 aromatic heterocycles. The van der Waals surface area contributed by atoms with Crippen LogP contribution >= 0.6 is 0 Å². The Hall–Kier alpha value is -1.06. The average molecular weight is 221 g/mol. The van der Waals surface area contributed by atoms with Gasteiger partial charge in [-0.3, -0.25) is 0 Å². The normalized spacial score (nSPS) is 25.4. The van der Waals surface area contributed by atoms with E-state index in [2.05, 4.69) is 24.4 Å². The third kappa shape index (κ3) is 2.74. The Balaban J connectivity index is 2.01. The molecule has 1 aromatic carbocycles. The molecule has 1 aromatic rings. The largest absolute Gasteiger partial charge is 0.497 e. The third-order valence-corrected chi connectivity index (χ3v) is 2.97. The van der Waals surface area contributed by atoms with Gasteiger partial charge in [-0.15, -0.1) is 0 Å². The molecule has 0 spiro atoms. The standard InChI is InChI=1S/C13H19NO2/c1-13(10-16-8-7-14-13)9-11-3-5-12(15-2)6-4-11/h3-6,14H,7-10H2,1-2H3. The molecule has 0 aliphatic carbocycles. The molecule has 1 atom stereocenters. The van der Waals surface area contributed by atoms with E-state index in [4.69, 9.17) is 9.47 Å². The van der Waals surface area contributed by atoms with Gasteiger partial charge in [-0.05, 0) is 31.0 Å². The number of morpholine rings is 1. The van der Waals surface area contributed by atoms with Crippen molar-refractivity contribution in [3.05, 3.63) is 29.8 Å². The van der Waals surface area contributed by atoms with Gasteiger partial charge in [0.2, 0.25) is 0 Å². The van der Waals surface area contributed by atoms with E-state index in [1.807, 2.05) is 12.1 Å². The van der Waals surface area contributed by atoms with E-state index in [0.717, 1.165) is 31.9 Å². The van der Waals surface area contributed by atoms with Crippen molar-refractivity contribution in [2.45, 2.75) is 18.9 Å². The van der Waals surface area contributed by atoms with Gasteiger partial charge < -0.3 is 14.8 Å². The summed E-state index contributed by atoms with van der Waals surface area (Å²) in [5.74, 6) is 0.904. The molecule has 88 valence electrons. The van der Waals surface area contributed by atoms with Crippen molar-refractivity contribution in [2.24, 2.45) is 0 Å². The molecule has 1 aliphatic rings. The Bertz CT molecular complexity index is 328. The van der Waals surface area contributed by atoms with Gasteiger partial charge in [-0.25, -0.2) is 0 Å². The molecule has 3 heteroatoms. The van der Waals surface area contributed by atoms with Crippen LogP contribution in [-0.2, 0) is 11.2 Å². The van der Waals surface area contributed by atoms with E-state index in [-0.39, 0.29) is 5.54 Å². The first-order valence-electron chi connectivity index (χ1n) is 5.68. The Labute approximate surface area is 96.8 Å². The maximum absolute atomic E-state index is 5.52. The van der Waals surface area contributed by atoms with Gasteiger partial charge in [0, 0.05) is 12.1 Å². The zero-order valence-corrected chi connectivity index (χ0v) is 9.95. The Morgan fingerprint density at radius 3 is 2.69 bits per heavy atom. The summed E-state index contributed by atoms with van der Waals surface area (Å²) in [6, 6.07) is 8.23. The van der Waals surface area contributed by atoms with Crippen LogP contribution in [0.1, 0.15) is 12.5 Å². The summed E-state index contributed by atoms with van der Waals surface area (Å²) in [6.07, 6.45) is 0.983. The Morgan fingerprint density at radius 1 is 1.38 bits per heavy atom. The highest BCUT2D eigenvalue weighted by atomic mass is 16.5. The number of benzene rings is 1. The third-order valence-electron chi connectivity index (χ3n) is 2.97. The lowest BCUT2D eigenvalue weighted by Gasteiger charge is -2.35. The number of methoxy groups -OCH3 is 1. The molecular formula is C13H19NO2. The van der Waals surface area contributed by atoms with Crippen molar-refractivity contribution in [1.29, 1.82) is 0 Å². The van der Waals surface area contributed by atoms with Crippen molar-refractivity contribution in [3.8, 4) is 5.75 Å². The molecular weight excluding hydrogens is 202 g/mol. The first-order chi connectivity index (χ1) is 7.72. The number of nitrogens with one attached hydrogen (secondary N) is 1. The zero-order valence-electron chi connectivity index (χ0n) is 9.95. The van der Waals surface area contributed by atoms with Crippen molar-refractivity contribution in [3.63, 3.8) is 0 Å². The summed E-state index contributed by atoms with van der Waals surface area (Å²) in [6.45, 7) is 4.74. The van der Waals surface area contributed by atoms with Crippen LogP contribution < -0.4 is 10.1 Å². The summed E-state index contributed by atoms with van der Waals surface area (Å²) in [5.41, 5.74) is 1.37. The highest BCUT2D eigenvalue weighted by Crippen LogP contribution is 2.18. The van der Waals surface area contributed by atoms with Gasteiger partial charge in [0.1, 0.15) is 5.75 Å². The number of hydrogen-bond donors (Lipinski definition) is 1. The quantitative estimate of drug-likeness (QED) is 0.841. The molecule has 16 heavy (non-hydrogen) atoms. The van der Waals surface area contributed by atoms with Crippen LogP contribution in [0.3, 0.4) is 0 Å². The highest BCUT2D eigenvalue weighted by molar-refractivity contribution is 5.28. The number of rotatable bonds is 3. The molecule has 0 bridgehead atoms. The molecule has 0 radical (unpaired) electrons. The summed E-state index contributed by atoms with van der Waals surface area (Å²) in [4.78, 5) is 0. The predicted octanol–water partition coefficient (Wildman–Crippen LogP) is 1.62. The van der Waals surface area contributed by atoms with Crippen LogP contribution in [0, 0.1) is 0 Å². The van der Waals surface area contributed by atoms with Crippen LogP contribution in [0.4, 0.5) is 0 Å². The van der Waals surface area contributed by atoms with E-state index >= 15 is 0 Å². The lowest BCUT2D eigenvalue weighted by molar-refractivity contribution is 0.0356. The van der Waals surface area contributed by atoms with Crippen LogP contribution in [-0.4, -0.2) is 32.4 Å². The zero-order chi connectivity index (χ0) is 11.4. The van der Waals surface area contributed by atoms with Gasteiger partial charge in [0.25, 0.3) is 0 Å². The molecule has 1 heterocycles. The Kier molecular flexibility index (Phi) is 3.46. The molecule has 1 fully saturated rings. The minimum Gasteiger partial charge on any atom is -0.497 e. The summed E-state index contributed by atoms with van der Waals surface area (Å²) < 4.78 is 10.7. The molecule has 0 saturated carbocycles. The fourth-order valence-corrected chi connectivity index (χ4v) is 2.08. The number of hydrogen-bond acceptors (Lipinski definition) is 3. The SMILES string of the molecule is COc1ccc(CC2(C)COCCN2)cc1. The van der Waals surface area contributed by atoms with E-state index in [1.54, 1.807) is 7.11 Å². The van der Waals surface area contributed by atoms with E-state index in [0.29, 0.717) is 0 Å². The molecule has 1 saturated heterocycles. The first kappa shape index (κ1) is 11.4. The molecule has 1 unspecified atom stereocenters. The first-order valence-corrected chi connectivity index (χ1v) is 5.68. The van der Waals surface area contributed by atoms with Crippen LogP contribution in [0.15, 0.2) is 24.3 Å². The van der Waals surface area contributed by atoms with Gasteiger partial charge in [-0.2, -0.15) is 0 Å². The second-order valence-electron chi connectivity index (χ2n) is 4.56. The van der Waals surface area contributed by atoms with Crippen molar-refractivity contribution >= 4 is 0 Å². The second kappa shape index (κ2) is 4.85. The van der Waals surface area contributed by atoms with E-state index in [9.17, 15) is 0 Å². The minimum atomic E-state index is 0.0623. The molecule has 3 nitrogen and oxygen atoms in total. The minimum absolute atomic E-state index is 0.0623. The van der Waals surface area contributed by atoms with Crippen LogP contribution in [0.5, 0.6) is 5.75 Å². The lowest BCUT2D eigenvalue weighted by Crippen LogP contribution is -2.53. The van der Waals surface area contributed by atoms with Gasteiger partial charge in [0.05, 0.1) is 20.3 Å². The fourth-order valence-electron chi connectivity index (χ4n) is 2.08. The van der Waals surface area contributed by atoms with Gasteiger partial charge >= 0.3 is 0 Å². The molecule has 0 amide bonds. The van der Waals surface area contributed by atoms with E-state index in [1.165, 1.54) is 5.56 Å². The number of ether oxygens (including phenoxy) is 2. The van der Waals surface area contributed by atoms with Crippen LogP contribution in [0.25, 0.3) is 0 Å². The van der Waals surface area contributed by atoms with Gasteiger partial charge in [0.15, 0.2) is 0 Å². The van der Waals surface area contributed by atoms with Gasteiger partial charge in [-0.1, -0.05) is 12.1 Å².